The SMILES string of the molecule is COc1ccccc1NC(=O)N1CCC(CNS(=O)(=O)c2c(C)c(C)cc(C)c2C)CC1. The van der Waals surface area contributed by atoms with Gasteiger partial charge in [-0.2, -0.15) is 0 Å². The van der Waals surface area contributed by atoms with E-state index in [1.807, 2.05) is 45.9 Å². The monoisotopic (exact) mass is 459 g/mol. The number of likely N-dealkylation sites (tertiary alicyclic amines) is 1. The van der Waals surface area contributed by atoms with Crippen molar-refractivity contribution < 1.29 is 17.9 Å². The Balaban J connectivity index is 1.57. The number of urea groups is 1. The van der Waals surface area contributed by atoms with E-state index in [0.29, 0.717) is 36.0 Å². The molecule has 0 saturated carbocycles. The number of piperidine rings is 1. The average molecular weight is 460 g/mol. The number of benzene rings is 2. The molecule has 1 aliphatic heterocycles. The first-order valence-corrected chi connectivity index (χ1v) is 12.4. The first-order valence-electron chi connectivity index (χ1n) is 10.9. The molecule has 1 heterocycles. The summed E-state index contributed by atoms with van der Waals surface area (Å²) in [5.74, 6) is 0.800. The highest BCUT2D eigenvalue weighted by molar-refractivity contribution is 7.89. The van der Waals surface area contributed by atoms with Crippen molar-refractivity contribution in [3.63, 3.8) is 0 Å². The summed E-state index contributed by atoms with van der Waals surface area (Å²) in [6, 6.07) is 9.14. The quantitative estimate of drug-likeness (QED) is 0.679. The second-order valence-electron chi connectivity index (χ2n) is 8.50. The van der Waals surface area contributed by atoms with Gasteiger partial charge in [-0.3, -0.25) is 0 Å². The zero-order valence-corrected chi connectivity index (χ0v) is 20.3. The van der Waals surface area contributed by atoms with Gasteiger partial charge >= 0.3 is 6.03 Å². The number of carbonyl (C=O) groups is 1. The number of hydrogen-bond acceptors (Lipinski definition) is 4. The van der Waals surface area contributed by atoms with Gasteiger partial charge in [0.1, 0.15) is 5.75 Å². The Morgan fingerprint density at radius 1 is 1.06 bits per heavy atom. The third kappa shape index (κ3) is 5.24. The Kier molecular flexibility index (Phi) is 7.46. The molecule has 2 aromatic carbocycles. The molecule has 0 bridgehead atoms. The highest BCUT2D eigenvalue weighted by Gasteiger charge is 2.27. The van der Waals surface area contributed by atoms with Crippen molar-refractivity contribution in [2.45, 2.75) is 45.4 Å². The summed E-state index contributed by atoms with van der Waals surface area (Å²) in [7, 11) is -2.03. The highest BCUT2D eigenvalue weighted by atomic mass is 32.2. The van der Waals surface area contributed by atoms with Gasteiger partial charge in [-0.05, 0) is 80.8 Å². The zero-order valence-electron chi connectivity index (χ0n) is 19.5. The number of anilines is 1. The van der Waals surface area contributed by atoms with E-state index in [2.05, 4.69) is 10.0 Å². The summed E-state index contributed by atoms with van der Waals surface area (Å²) >= 11 is 0. The van der Waals surface area contributed by atoms with Crippen molar-refractivity contribution in [2.24, 2.45) is 5.92 Å². The van der Waals surface area contributed by atoms with Gasteiger partial charge in [-0.1, -0.05) is 18.2 Å². The van der Waals surface area contributed by atoms with Crippen molar-refractivity contribution >= 4 is 21.7 Å². The molecule has 2 amide bonds. The lowest BCUT2D eigenvalue weighted by molar-refractivity contribution is 0.183. The molecule has 174 valence electrons. The predicted molar refractivity (Wildman–Crippen MR) is 127 cm³/mol. The lowest BCUT2D eigenvalue weighted by atomic mass is 9.97. The minimum Gasteiger partial charge on any atom is -0.495 e. The molecule has 2 aromatic rings. The molecule has 8 heteroatoms. The molecular weight excluding hydrogens is 426 g/mol. The number of nitrogens with zero attached hydrogens (tertiary/aromatic N) is 1. The molecule has 0 spiro atoms. The van der Waals surface area contributed by atoms with E-state index in [1.54, 1.807) is 24.1 Å². The van der Waals surface area contributed by atoms with E-state index in [1.165, 1.54) is 0 Å². The van der Waals surface area contributed by atoms with E-state index in [0.717, 1.165) is 35.1 Å². The predicted octanol–water partition coefficient (Wildman–Crippen LogP) is 4.15. The number of hydrogen-bond donors (Lipinski definition) is 2. The van der Waals surface area contributed by atoms with E-state index < -0.39 is 10.0 Å². The van der Waals surface area contributed by atoms with Gasteiger partial charge in [-0.25, -0.2) is 17.9 Å². The third-order valence-electron chi connectivity index (χ3n) is 6.38. The maximum atomic E-state index is 13.1. The third-order valence-corrected chi connectivity index (χ3v) is 8.07. The summed E-state index contributed by atoms with van der Waals surface area (Å²) < 4.78 is 34.2. The normalized spacial score (nSPS) is 15.0. The zero-order chi connectivity index (χ0) is 23.5. The van der Waals surface area contributed by atoms with Crippen LogP contribution in [0, 0.1) is 33.6 Å². The second kappa shape index (κ2) is 9.92. The second-order valence-corrected chi connectivity index (χ2v) is 10.2. The van der Waals surface area contributed by atoms with Crippen LogP contribution in [0.25, 0.3) is 0 Å². The number of ether oxygens (including phenoxy) is 1. The average Bonchev–Trinajstić information content (AvgIpc) is 2.77. The molecule has 3 rings (SSSR count). The Morgan fingerprint density at radius 3 is 2.25 bits per heavy atom. The number of rotatable bonds is 6. The maximum absolute atomic E-state index is 13.1. The van der Waals surface area contributed by atoms with Crippen LogP contribution < -0.4 is 14.8 Å². The van der Waals surface area contributed by atoms with Crippen LogP contribution in [0.5, 0.6) is 5.75 Å². The molecule has 1 fully saturated rings. The van der Waals surface area contributed by atoms with Crippen molar-refractivity contribution in [3.05, 3.63) is 52.6 Å². The van der Waals surface area contributed by atoms with Crippen molar-refractivity contribution in [3.8, 4) is 5.75 Å². The molecule has 7 nitrogen and oxygen atoms in total. The largest absolute Gasteiger partial charge is 0.495 e. The molecule has 1 saturated heterocycles. The maximum Gasteiger partial charge on any atom is 0.321 e. The number of methoxy groups -OCH3 is 1. The number of sulfonamides is 1. The van der Waals surface area contributed by atoms with Crippen LogP contribution >= 0.6 is 0 Å². The van der Waals surface area contributed by atoms with Crippen LogP contribution in [0.2, 0.25) is 0 Å². The molecule has 0 aromatic heterocycles. The Labute approximate surface area is 191 Å². The molecule has 0 radical (unpaired) electrons. The van der Waals surface area contributed by atoms with Crippen molar-refractivity contribution in [1.82, 2.24) is 9.62 Å². The van der Waals surface area contributed by atoms with Crippen molar-refractivity contribution in [2.75, 3.05) is 32.1 Å². The van der Waals surface area contributed by atoms with Crippen LogP contribution in [0.15, 0.2) is 35.2 Å². The minimum atomic E-state index is -3.60. The summed E-state index contributed by atoms with van der Waals surface area (Å²) in [5.41, 5.74) is 4.17. The van der Waals surface area contributed by atoms with E-state index >= 15 is 0 Å². The fourth-order valence-electron chi connectivity index (χ4n) is 4.17. The molecule has 0 aliphatic carbocycles. The van der Waals surface area contributed by atoms with Gasteiger partial charge in [0.05, 0.1) is 17.7 Å². The van der Waals surface area contributed by atoms with Gasteiger partial charge in [0, 0.05) is 19.6 Å². The Bertz CT molecular complexity index is 1060. The van der Waals surface area contributed by atoms with E-state index in [4.69, 9.17) is 4.74 Å². The van der Waals surface area contributed by atoms with Crippen LogP contribution in [-0.4, -0.2) is 46.1 Å². The number of amides is 2. The van der Waals surface area contributed by atoms with Crippen LogP contribution in [0.3, 0.4) is 0 Å². The molecule has 1 aliphatic rings. The number of carbonyl (C=O) groups excluding carboxylic acids is 1. The first-order chi connectivity index (χ1) is 15.1. The molecular formula is C24H33N3O4S. The standard InChI is InChI=1S/C24H33N3O4S/c1-16-14-17(2)19(4)23(18(16)3)32(29,30)25-15-20-10-12-27(13-11-20)24(28)26-21-8-6-7-9-22(21)31-5/h6-9,14,20,25H,10-13,15H2,1-5H3,(H,26,28). The minimum absolute atomic E-state index is 0.171. The van der Waals surface area contributed by atoms with E-state index in [9.17, 15) is 13.2 Å². The molecule has 32 heavy (non-hydrogen) atoms. The van der Waals surface area contributed by atoms with E-state index in [-0.39, 0.29) is 11.9 Å². The smallest absolute Gasteiger partial charge is 0.321 e. The molecule has 0 unspecified atom stereocenters. The topological polar surface area (TPSA) is 87.7 Å². The fourth-order valence-corrected chi connectivity index (χ4v) is 5.89. The summed E-state index contributed by atoms with van der Waals surface area (Å²) in [6.45, 7) is 9.11. The van der Waals surface area contributed by atoms with Gasteiger partial charge < -0.3 is 15.0 Å². The van der Waals surface area contributed by atoms with Gasteiger partial charge in [0.15, 0.2) is 0 Å². The molecule has 2 N–H and O–H groups in total. The van der Waals surface area contributed by atoms with Gasteiger partial charge in [0.25, 0.3) is 0 Å². The molecule has 0 atom stereocenters. The Morgan fingerprint density at radius 2 is 1.66 bits per heavy atom. The number of aryl methyl sites for hydroxylation is 2. The number of nitrogens with one attached hydrogen (secondary N) is 2. The Hall–Kier alpha value is -2.58. The highest BCUT2D eigenvalue weighted by Crippen LogP contribution is 2.27. The van der Waals surface area contributed by atoms with Crippen LogP contribution in [0.4, 0.5) is 10.5 Å². The fraction of sp³-hybridized carbons (Fsp3) is 0.458. The van der Waals surface area contributed by atoms with Crippen LogP contribution in [-0.2, 0) is 10.0 Å². The first kappa shape index (κ1) is 24.1. The van der Waals surface area contributed by atoms with Gasteiger partial charge in [0.2, 0.25) is 10.0 Å². The lowest BCUT2D eigenvalue weighted by Crippen LogP contribution is -2.43. The number of para-hydroxylation sites is 2. The van der Waals surface area contributed by atoms with Crippen molar-refractivity contribution in [1.29, 1.82) is 0 Å². The van der Waals surface area contributed by atoms with Crippen LogP contribution in [0.1, 0.15) is 35.1 Å². The van der Waals surface area contributed by atoms with Gasteiger partial charge in [-0.15, -0.1) is 0 Å². The summed E-state index contributed by atoms with van der Waals surface area (Å²) in [5, 5.41) is 2.90. The lowest BCUT2D eigenvalue weighted by Gasteiger charge is -2.32. The summed E-state index contributed by atoms with van der Waals surface area (Å²) in [6.07, 6.45) is 1.49. The summed E-state index contributed by atoms with van der Waals surface area (Å²) in [4.78, 5) is 14.8.